The van der Waals surface area contributed by atoms with E-state index in [1.807, 2.05) is 0 Å². The number of furan rings is 1. The quantitative estimate of drug-likeness (QED) is 0.584. The largest absolute Gasteiger partial charge is 0.433 e. The molecule has 1 aliphatic heterocycles. The van der Waals surface area contributed by atoms with Gasteiger partial charge >= 0.3 is 12.1 Å². The van der Waals surface area contributed by atoms with Crippen LogP contribution in [0.25, 0.3) is 0 Å². The highest BCUT2D eigenvalue weighted by molar-refractivity contribution is 5.91. The zero-order valence-corrected chi connectivity index (χ0v) is 14.2. The number of piperidine rings is 1. The molecule has 1 aromatic carbocycles. The van der Waals surface area contributed by atoms with Crippen LogP contribution in [-0.4, -0.2) is 28.8 Å². The van der Waals surface area contributed by atoms with E-state index in [2.05, 4.69) is 0 Å². The third-order valence-corrected chi connectivity index (χ3v) is 4.69. The third kappa shape index (κ3) is 4.47. The summed E-state index contributed by atoms with van der Waals surface area (Å²) in [6, 6.07) is 7.57. The summed E-state index contributed by atoms with van der Waals surface area (Å²) in [5.74, 6) is -0.675. The Kier molecular flexibility index (Phi) is 5.20. The number of nitrogens with zero attached hydrogens (tertiary/aromatic N) is 2. The Bertz CT molecular complexity index is 822. The number of likely N-dealkylation sites (tertiary alicyclic amines) is 1. The first-order valence-corrected chi connectivity index (χ1v) is 8.43. The van der Waals surface area contributed by atoms with Crippen molar-refractivity contribution in [1.82, 2.24) is 4.90 Å². The molecule has 1 saturated heterocycles. The van der Waals surface area contributed by atoms with Gasteiger partial charge in [-0.1, -0.05) is 12.1 Å². The van der Waals surface area contributed by atoms with Gasteiger partial charge in [0.25, 0.3) is 5.91 Å². The summed E-state index contributed by atoms with van der Waals surface area (Å²) < 4.78 is 42.7. The van der Waals surface area contributed by atoms with Gasteiger partial charge in [0.15, 0.2) is 5.76 Å². The predicted octanol–water partition coefficient (Wildman–Crippen LogP) is 4.30. The zero-order chi connectivity index (χ0) is 19.6. The SMILES string of the molecule is O=C(c1ccc([N+](=O)[O-])o1)N1CCC(Cc2ccc(C(F)(F)F)cc2)CC1. The minimum atomic E-state index is -4.34. The van der Waals surface area contributed by atoms with Crippen LogP contribution in [0.5, 0.6) is 0 Å². The van der Waals surface area contributed by atoms with E-state index in [0.717, 1.165) is 23.8 Å². The third-order valence-electron chi connectivity index (χ3n) is 4.69. The van der Waals surface area contributed by atoms with Crippen molar-refractivity contribution in [2.45, 2.75) is 25.4 Å². The summed E-state index contributed by atoms with van der Waals surface area (Å²) in [4.78, 5) is 23.8. The molecule has 1 aromatic heterocycles. The number of hydrogen-bond donors (Lipinski definition) is 0. The summed E-state index contributed by atoms with van der Waals surface area (Å²) in [6.45, 7) is 0.942. The Hall–Kier alpha value is -2.84. The lowest BCUT2D eigenvalue weighted by molar-refractivity contribution is -0.402. The molecule has 2 aromatic rings. The fourth-order valence-corrected chi connectivity index (χ4v) is 3.20. The molecule has 0 bridgehead atoms. The van der Waals surface area contributed by atoms with Crippen LogP contribution in [0.3, 0.4) is 0 Å². The summed E-state index contributed by atoms with van der Waals surface area (Å²) >= 11 is 0. The molecule has 0 radical (unpaired) electrons. The van der Waals surface area contributed by atoms with Crippen molar-refractivity contribution in [3.8, 4) is 0 Å². The highest BCUT2D eigenvalue weighted by atomic mass is 19.4. The van der Waals surface area contributed by atoms with Crippen LogP contribution in [-0.2, 0) is 12.6 Å². The van der Waals surface area contributed by atoms with Gasteiger partial charge in [-0.25, -0.2) is 0 Å². The number of alkyl halides is 3. The number of carbonyl (C=O) groups is 1. The Labute approximate surface area is 152 Å². The maximum absolute atomic E-state index is 12.6. The normalized spacial score (nSPS) is 15.7. The topological polar surface area (TPSA) is 76.6 Å². The minimum Gasteiger partial charge on any atom is -0.395 e. The predicted molar refractivity (Wildman–Crippen MR) is 89.1 cm³/mol. The minimum absolute atomic E-state index is 0.0668. The van der Waals surface area contributed by atoms with Crippen molar-refractivity contribution < 1.29 is 27.3 Å². The van der Waals surface area contributed by atoms with Gasteiger partial charge in [0, 0.05) is 13.1 Å². The van der Waals surface area contributed by atoms with Crippen molar-refractivity contribution >= 4 is 11.8 Å². The van der Waals surface area contributed by atoms with E-state index in [1.54, 1.807) is 4.90 Å². The molecular weight excluding hydrogens is 365 g/mol. The Balaban J connectivity index is 1.54. The molecule has 6 nitrogen and oxygen atoms in total. The zero-order valence-electron chi connectivity index (χ0n) is 14.2. The van der Waals surface area contributed by atoms with Crippen LogP contribution in [0.4, 0.5) is 19.1 Å². The maximum atomic E-state index is 12.6. The first-order valence-electron chi connectivity index (χ1n) is 8.43. The first kappa shape index (κ1) is 18.9. The summed E-state index contributed by atoms with van der Waals surface area (Å²) in [5.41, 5.74) is 0.161. The Morgan fingerprint density at radius 1 is 1.15 bits per heavy atom. The van der Waals surface area contributed by atoms with Crippen molar-refractivity contribution in [3.63, 3.8) is 0 Å². The van der Waals surface area contributed by atoms with E-state index in [4.69, 9.17) is 4.42 Å². The number of rotatable bonds is 4. The molecule has 2 heterocycles. The second kappa shape index (κ2) is 7.42. The molecule has 1 fully saturated rings. The standard InChI is InChI=1S/C18H17F3N2O4/c19-18(20,21)14-3-1-12(2-4-14)11-13-7-9-22(10-8-13)17(24)15-5-6-16(27-15)23(25)26/h1-6,13H,7-11H2. The van der Waals surface area contributed by atoms with Crippen LogP contribution >= 0.6 is 0 Å². The van der Waals surface area contributed by atoms with Gasteiger partial charge in [0.05, 0.1) is 11.6 Å². The number of halogens is 3. The van der Waals surface area contributed by atoms with Crippen LogP contribution < -0.4 is 0 Å². The van der Waals surface area contributed by atoms with Crippen LogP contribution in [0.1, 0.15) is 34.5 Å². The summed E-state index contributed by atoms with van der Waals surface area (Å²) in [7, 11) is 0. The second-order valence-electron chi connectivity index (χ2n) is 6.53. The lowest BCUT2D eigenvalue weighted by atomic mass is 9.90. The number of amides is 1. The highest BCUT2D eigenvalue weighted by Crippen LogP contribution is 2.30. The lowest BCUT2D eigenvalue weighted by Gasteiger charge is -2.31. The highest BCUT2D eigenvalue weighted by Gasteiger charge is 2.30. The number of carbonyl (C=O) groups excluding carboxylic acids is 1. The van der Waals surface area contributed by atoms with Crippen molar-refractivity contribution in [3.05, 3.63) is 63.4 Å². The maximum Gasteiger partial charge on any atom is 0.433 e. The molecule has 0 saturated carbocycles. The van der Waals surface area contributed by atoms with Crippen molar-refractivity contribution in [2.75, 3.05) is 13.1 Å². The van der Waals surface area contributed by atoms with Gasteiger partial charge in [-0.3, -0.25) is 14.9 Å². The van der Waals surface area contributed by atoms with E-state index in [1.165, 1.54) is 18.2 Å². The van der Waals surface area contributed by atoms with Crippen LogP contribution in [0.2, 0.25) is 0 Å². The summed E-state index contributed by atoms with van der Waals surface area (Å²) in [5, 5.41) is 10.6. The molecule has 144 valence electrons. The molecular formula is C18H17F3N2O4. The van der Waals surface area contributed by atoms with Crippen LogP contribution in [0.15, 0.2) is 40.8 Å². The number of nitro groups is 1. The van der Waals surface area contributed by atoms with Gasteiger partial charge in [0.1, 0.15) is 4.92 Å². The van der Waals surface area contributed by atoms with Gasteiger partial charge in [-0.2, -0.15) is 13.2 Å². The molecule has 27 heavy (non-hydrogen) atoms. The van der Waals surface area contributed by atoms with Gasteiger partial charge in [-0.15, -0.1) is 0 Å². The molecule has 0 unspecified atom stereocenters. The Morgan fingerprint density at radius 3 is 2.30 bits per heavy atom. The molecule has 3 rings (SSSR count). The van der Waals surface area contributed by atoms with Gasteiger partial charge in [0.2, 0.25) is 0 Å². The summed E-state index contributed by atoms with van der Waals surface area (Å²) in [6.07, 6.45) is -2.29. The average Bonchev–Trinajstić information content (AvgIpc) is 3.12. The fourth-order valence-electron chi connectivity index (χ4n) is 3.20. The molecule has 1 amide bonds. The molecule has 0 N–H and O–H groups in total. The monoisotopic (exact) mass is 382 g/mol. The van der Waals surface area contributed by atoms with Crippen molar-refractivity contribution in [2.24, 2.45) is 5.92 Å². The van der Waals surface area contributed by atoms with Gasteiger partial charge < -0.3 is 9.32 Å². The first-order chi connectivity index (χ1) is 12.7. The second-order valence-corrected chi connectivity index (χ2v) is 6.53. The molecule has 0 spiro atoms. The van der Waals surface area contributed by atoms with E-state index >= 15 is 0 Å². The molecule has 1 aliphatic rings. The molecule has 0 aliphatic carbocycles. The van der Waals surface area contributed by atoms with E-state index in [9.17, 15) is 28.1 Å². The van der Waals surface area contributed by atoms with E-state index < -0.39 is 28.5 Å². The molecule has 9 heteroatoms. The lowest BCUT2D eigenvalue weighted by Crippen LogP contribution is -2.38. The van der Waals surface area contributed by atoms with Crippen molar-refractivity contribution in [1.29, 1.82) is 0 Å². The number of benzene rings is 1. The number of hydrogen-bond acceptors (Lipinski definition) is 4. The van der Waals surface area contributed by atoms with Crippen LogP contribution in [0, 0.1) is 16.0 Å². The fraction of sp³-hybridized carbons (Fsp3) is 0.389. The smallest absolute Gasteiger partial charge is 0.395 e. The van der Waals surface area contributed by atoms with Gasteiger partial charge in [-0.05, 0) is 48.9 Å². The van der Waals surface area contributed by atoms with E-state index in [-0.39, 0.29) is 11.7 Å². The Morgan fingerprint density at radius 2 is 1.78 bits per heavy atom. The average molecular weight is 382 g/mol. The molecule has 0 atom stereocenters. The van der Waals surface area contributed by atoms with E-state index in [0.29, 0.717) is 32.4 Å².